The lowest BCUT2D eigenvalue weighted by atomic mass is 10.1. The van der Waals surface area contributed by atoms with E-state index in [0.717, 1.165) is 22.6 Å². The number of anilines is 1. The molecule has 0 bridgehead atoms. The van der Waals surface area contributed by atoms with Gasteiger partial charge in [-0.2, -0.15) is 0 Å². The van der Waals surface area contributed by atoms with Gasteiger partial charge in [0, 0.05) is 24.1 Å². The molecule has 0 radical (unpaired) electrons. The van der Waals surface area contributed by atoms with Crippen LogP contribution in [0.3, 0.4) is 0 Å². The smallest absolute Gasteiger partial charge is 0.224 e. The van der Waals surface area contributed by atoms with Crippen LogP contribution in [0.4, 0.5) is 5.69 Å². The third kappa shape index (κ3) is 4.51. The van der Waals surface area contributed by atoms with Gasteiger partial charge in [-0.15, -0.1) is 0 Å². The van der Waals surface area contributed by atoms with E-state index in [1.54, 1.807) is 6.26 Å². The molecule has 0 aliphatic carbocycles. The number of nitrogens with one attached hydrogen (secondary N) is 1. The van der Waals surface area contributed by atoms with E-state index in [4.69, 9.17) is 9.52 Å². The van der Waals surface area contributed by atoms with Crippen LogP contribution >= 0.6 is 0 Å². The van der Waals surface area contributed by atoms with Crippen molar-refractivity contribution in [3.8, 4) is 11.8 Å². The molecule has 2 rings (SSSR count). The van der Waals surface area contributed by atoms with Gasteiger partial charge in [0.05, 0.1) is 6.26 Å². The maximum atomic E-state index is 11.9. The molecule has 1 aromatic carbocycles. The highest BCUT2D eigenvalue weighted by Gasteiger charge is 2.06. The Morgan fingerprint density at radius 1 is 1.38 bits per heavy atom. The molecule has 21 heavy (non-hydrogen) atoms. The lowest BCUT2D eigenvalue weighted by Crippen LogP contribution is -2.13. The summed E-state index contributed by atoms with van der Waals surface area (Å²) in [7, 11) is 0. The van der Waals surface area contributed by atoms with Gasteiger partial charge in [0.2, 0.25) is 5.91 Å². The van der Waals surface area contributed by atoms with Crippen molar-refractivity contribution in [1.82, 2.24) is 0 Å². The molecular formula is C17H17NO3. The number of aryl methyl sites for hydroxylation is 2. The first-order chi connectivity index (χ1) is 10.2. The zero-order valence-corrected chi connectivity index (χ0v) is 11.8. The highest BCUT2D eigenvalue weighted by atomic mass is 16.3. The van der Waals surface area contributed by atoms with Crippen LogP contribution in [0, 0.1) is 18.8 Å². The number of carbonyl (C=O) groups is 1. The molecule has 0 unspecified atom stereocenters. The van der Waals surface area contributed by atoms with Crippen molar-refractivity contribution in [1.29, 1.82) is 0 Å². The normalized spacial score (nSPS) is 9.81. The molecule has 4 nitrogen and oxygen atoms in total. The zero-order chi connectivity index (χ0) is 15.1. The van der Waals surface area contributed by atoms with Gasteiger partial charge in [0.1, 0.15) is 12.4 Å². The highest BCUT2D eigenvalue weighted by Crippen LogP contribution is 2.16. The van der Waals surface area contributed by atoms with Crippen molar-refractivity contribution in [2.75, 3.05) is 11.9 Å². The quantitative estimate of drug-likeness (QED) is 0.847. The Kier molecular flexibility index (Phi) is 5.19. The molecule has 1 amide bonds. The molecule has 0 fully saturated rings. The summed E-state index contributed by atoms with van der Waals surface area (Å²) in [5.74, 6) is 6.18. The molecule has 0 aliphatic rings. The Hall–Kier alpha value is -2.51. The van der Waals surface area contributed by atoms with E-state index >= 15 is 0 Å². The van der Waals surface area contributed by atoms with E-state index in [1.165, 1.54) is 0 Å². The van der Waals surface area contributed by atoms with Crippen LogP contribution in [-0.2, 0) is 11.2 Å². The monoisotopic (exact) mass is 283 g/mol. The highest BCUT2D eigenvalue weighted by molar-refractivity contribution is 5.91. The molecule has 2 N–H and O–H groups in total. The third-order valence-corrected chi connectivity index (χ3v) is 2.99. The Labute approximate surface area is 123 Å². The van der Waals surface area contributed by atoms with Crippen molar-refractivity contribution in [2.24, 2.45) is 0 Å². The standard InChI is InChI=1S/C17H17NO3/c1-13-12-14(4-2-10-19)6-8-16(13)18-17(20)9-7-15-5-3-11-21-15/h3,5-6,8,11-12,19H,7,9-10H2,1H3,(H,18,20). The van der Waals surface area contributed by atoms with E-state index in [-0.39, 0.29) is 12.5 Å². The summed E-state index contributed by atoms with van der Waals surface area (Å²) in [5.41, 5.74) is 2.52. The van der Waals surface area contributed by atoms with Gasteiger partial charge in [-0.3, -0.25) is 4.79 Å². The number of furan rings is 1. The van der Waals surface area contributed by atoms with Gasteiger partial charge in [0.25, 0.3) is 0 Å². The van der Waals surface area contributed by atoms with Gasteiger partial charge < -0.3 is 14.8 Å². The SMILES string of the molecule is Cc1cc(C#CCO)ccc1NC(=O)CCc1ccco1. The van der Waals surface area contributed by atoms with Crippen LogP contribution in [0.5, 0.6) is 0 Å². The number of benzene rings is 1. The van der Waals surface area contributed by atoms with E-state index in [0.29, 0.717) is 12.8 Å². The third-order valence-electron chi connectivity index (χ3n) is 2.99. The number of aliphatic hydroxyl groups is 1. The molecular weight excluding hydrogens is 266 g/mol. The van der Waals surface area contributed by atoms with Crippen LogP contribution in [0.2, 0.25) is 0 Å². The minimum absolute atomic E-state index is 0.0521. The van der Waals surface area contributed by atoms with Crippen molar-refractivity contribution in [3.63, 3.8) is 0 Å². The fourth-order valence-corrected chi connectivity index (χ4v) is 1.93. The van der Waals surface area contributed by atoms with E-state index in [1.807, 2.05) is 37.3 Å². The average molecular weight is 283 g/mol. The predicted molar refractivity (Wildman–Crippen MR) is 80.8 cm³/mol. The van der Waals surface area contributed by atoms with Crippen molar-refractivity contribution < 1.29 is 14.3 Å². The lowest BCUT2D eigenvalue weighted by Gasteiger charge is -2.08. The van der Waals surface area contributed by atoms with Gasteiger partial charge in [-0.05, 0) is 42.8 Å². The molecule has 0 saturated carbocycles. The minimum Gasteiger partial charge on any atom is -0.469 e. The molecule has 1 heterocycles. The summed E-state index contributed by atoms with van der Waals surface area (Å²) in [6.07, 6.45) is 2.56. The first kappa shape index (κ1) is 14.9. The Morgan fingerprint density at radius 2 is 2.24 bits per heavy atom. The Balaban J connectivity index is 1.94. The largest absolute Gasteiger partial charge is 0.469 e. The van der Waals surface area contributed by atoms with Crippen LogP contribution in [0.1, 0.15) is 23.3 Å². The zero-order valence-electron chi connectivity index (χ0n) is 11.8. The maximum absolute atomic E-state index is 11.9. The number of hydrogen-bond acceptors (Lipinski definition) is 3. The van der Waals surface area contributed by atoms with Crippen LogP contribution in [0.15, 0.2) is 41.0 Å². The summed E-state index contributed by atoms with van der Waals surface area (Å²) in [4.78, 5) is 11.9. The Morgan fingerprint density at radius 3 is 2.90 bits per heavy atom. The number of carbonyl (C=O) groups excluding carboxylic acids is 1. The fourth-order valence-electron chi connectivity index (χ4n) is 1.93. The topological polar surface area (TPSA) is 62.5 Å². The molecule has 0 saturated heterocycles. The molecule has 0 atom stereocenters. The van der Waals surface area contributed by atoms with Gasteiger partial charge >= 0.3 is 0 Å². The summed E-state index contributed by atoms with van der Waals surface area (Å²) >= 11 is 0. The maximum Gasteiger partial charge on any atom is 0.224 e. The van der Waals surface area contributed by atoms with E-state index < -0.39 is 0 Å². The minimum atomic E-state index is -0.162. The number of amides is 1. The first-order valence-electron chi connectivity index (χ1n) is 6.71. The van der Waals surface area contributed by atoms with Crippen LogP contribution in [0.25, 0.3) is 0 Å². The van der Waals surface area contributed by atoms with Crippen molar-refractivity contribution >= 4 is 11.6 Å². The van der Waals surface area contributed by atoms with E-state index in [2.05, 4.69) is 17.2 Å². The number of hydrogen-bond donors (Lipinski definition) is 2. The molecule has 4 heteroatoms. The summed E-state index contributed by atoms with van der Waals surface area (Å²) in [5, 5.41) is 11.5. The molecule has 2 aromatic rings. The van der Waals surface area contributed by atoms with Crippen molar-refractivity contribution in [3.05, 3.63) is 53.5 Å². The summed E-state index contributed by atoms with van der Waals surface area (Å²) in [6, 6.07) is 9.18. The second-order valence-corrected chi connectivity index (χ2v) is 4.62. The van der Waals surface area contributed by atoms with Crippen molar-refractivity contribution in [2.45, 2.75) is 19.8 Å². The second-order valence-electron chi connectivity index (χ2n) is 4.62. The molecule has 108 valence electrons. The van der Waals surface area contributed by atoms with Gasteiger partial charge in [-0.25, -0.2) is 0 Å². The first-order valence-corrected chi connectivity index (χ1v) is 6.71. The van der Waals surface area contributed by atoms with Gasteiger partial charge in [0.15, 0.2) is 0 Å². The number of aliphatic hydroxyl groups excluding tert-OH is 1. The molecule has 1 aromatic heterocycles. The summed E-state index contributed by atoms with van der Waals surface area (Å²) in [6.45, 7) is 1.75. The van der Waals surface area contributed by atoms with Crippen LogP contribution in [-0.4, -0.2) is 17.6 Å². The summed E-state index contributed by atoms with van der Waals surface area (Å²) < 4.78 is 5.20. The lowest BCUT2D eigenvalue weighted by molar-refractivity contribution is -0.116. The molecule has 0 aliphatic heterocycles. The van der Waals surface area contributed by atoms with Crippen LogP contribution < -0.4 is 5.32 Å². The second kappa shape index (κ2) is 7.32. The van der Waals surface area contributed by atoms with Gasteiger partial charge in [-0.1, -0.05) is 11.8 Å². The predicted octanol–water partition coefficient (Wildman–Crippen LogP) is 2.50. The Bertz CT molecular complexity index is 663. The van der Waals surface area contributed by atoms with E-state index in [9.17, 15) is 4.79 Å². The molecule has 0 spiro atoms. The number of rotatable bonds is 4. The fraction of sp³-hybridized carbons (Fsp3) is 0.235. The average Bonchev–Trinajstić information content (AvgIpc) is 2.99.